The van der Waals surface area contributed by atoms with Gasteiger partial charge in [0.2, 0.25) is 5.28 Å². The van der Waals surface area contributed by atoms with Crippen molar-refractivity contribution >= 4 is 22.8 Å². The Hall–Kier alpha value is -1.48. The molecule has 2 saturated heterocycles. The van der Waals surface area contributed by atoms with Gasteiger partial charge >= 0.3 is 0 Å². The number of ether oxygens (including phenoxy) is 3. The summed E-state index contributed by atoms with van der Waals surface area (Å²) in [6.45, 7) is 0.786. The van der Waals surface area contributed by atoms with E-state index < -0.39 is 0 Å². The van der Waals surface area contributed by atoms with Gasteiger partial charge in [0.05, 0.1) is 19.0 Å². The van der Waals surface area contributed by atoms with Crippen LogP contribution in [0, 0.1) is 0 Å². The molecule has 9 heteroatoms. The molecule has 2 aliphatic rings. The molecule has 4 heterocycles. The number of hydrogen-bond donors (Lipinski definition) is 1. The van der Waals surface area contributed by atoms with Gasteiger partial charge in [0, 0.05) is 6.42 Å². The van der Waals surface area contributed by atoms with E-state index in [0.29, 0.717) is 18.7 Å². The average molecular weight is 299 g/mol. The SMILES string of the molecule is O=c1[nH]c(Cl)nc2c1ncn2C1CC2OCOCC2O1. The molecule has 0 bridgehead atoms. The Morgan fingerprint density at radius 1 is 1.45 bits per heavy atom. The minimum atomic E-state index is -0.367. The number of fused-ring (bicyclic) bond motifs is 2. The fourth-order valence-electron chi connectivity index (χ4n) is 2.61. The van der Waals surface area contributed by atoms with E-state index in [4.69, 9.17) is 25.8 Å². The van der Waals surface area contributed by atoms with Crippen LogP contribution in [0.3, 0.4) is 0 Å². The number of hydrogen-bond acceptors (Lipinski definition) is 6. The first-order valence-corrected chi connectivity index (χ1v) is 6.57. The zero-order valence-corrected chi connectivity index (χ0v) is 11.0. The van der Waals surface area contributed by atoms with E-state index in [0.717, 1.165) is 0 Å². The molecular weight excluding hydrogens is 288 g/mol. The summed E-state index contributed by atoms with van der Waals surface area (Å²) in [6, 6.07) is 0. The molecule has 2 aromatic heterocycles. The molecule has 1 N–H and O–H groups in total. The third-order valence-electron chi connectivity index (χ3n) is 3.54. The molecule has 4 rings (SSSR count). The lowest BCUT2D eigenvalue weighted by Crippen LogP contribution is -2.35. The number of rotatable bonds is 1. The fourth-order valence-corrected chi connectivity index (χ4v) is 2.77. The highest BCUT2D eigenvalue weighted by Crippen LogP contribution is 2.33. The van der Waals surface area contributed by atoms with Gasteiger partial charge in [-0.1, -0.05) is 0 Å². The second-order valence-corrected chi connectivity index (χ2v) is 5.10. The van der Waals surface area contributed by atoms with Crippen molar-refractivity contribution in [1.29, 1.82) is 0 Å². The summed E-state index contributed by atoms with van der Waals surface area (Å²) >= 11 is 5.79. The zero-order valence-electron chi connectivity index (χ0n) is 10.3. The van der Waals surface area contributed by atoms with Crippen LogP contribution in [0.1, 0.15) is 12.6 Å². The standard InChI is InChI=1S/C11H11ClN4O4/c12-11-14-9-8(10(17)15-11)13-3-16(9)7-1-5-6(20-7)2-18-4-19-5/h3,5-7H,1-2,4H2,(H,14,15,17). The zero-order chi connectivity index (χ0) is 13.7. The summed E-state index contributed by atoms with van der Waals surface area (Å²) < 4.78 is 18.3. The maximum absolute atomic E-state index is 11.7. The van der Waals surface area contributed by atoms with Gasteiger partial charge in [0.25, 0.3) is 5.56 Å². The Bertz CT molecular complexity index is 700. The van der Waals surface area contributed by atoms with Crippen LogP contribution in [-0.4, -0.2) is 45.1 Å². The third kappa shape index (κ3) is 1.84. The number of nitrogens with zero attached hydrogens (tertiary/aromatic N) is 3. The van der Waals surface area contributed by atoms with Crippen molar-refractivity contribution in [1.82, 2.24) is 19.5 Å². The Labute approximate surface area is 117 Å². The molecule has 0 aliphatic carbocycles. The quantitative estimate of drug-likeness (QED) is 0.768. The lowest BCUT2D eigenvalue weighted by atomic mass is 10.2. The smallest absolute Gasteiger partial charge is 0.280 e. The molecule has 0 aromatic carbocycles. The van der Waals surface area contributed by atoms with Crippen LogP contribution in [0.4, 0.5) is 0 Å². The van der Waals surface area contributed by atoms with Gasteiger partial charge < -0.3 is 14.2 Å². The minimum Gasteiger partial charge on any atom is -0.353 e. The minimum absolute atomic E-state index is 0.0105. The third-order valence-corrected chi connectivity index (χ3v) is 3.72. The van der Waals surface area contributed by atoms with E-state index in [-0.39, 0.29) is 41.6 Å². The fraction of sp³-hybridized carbons (Fsp3) is 0.545. The Kier molecular flexibility index (Phi) is 2.77. The van der Waals surface area contributed by atoms with Crippen molar-refractivity contribution in [2.75, 3.05) is 13.4 Å². The Balaban J connectivity index is 1.74. The monoisotopic (exact) mass is 298 g/mol. The number of halogens is 1. The first-order chi connectivity index (χ1) is 9.72. The Morgan fingerprint density at radius 2 is 2.35 bits per heavy atom. The van der Waals surface area contributed by atoms with Crippen molar-refractivity contribution in [3.8, 4) is 0 Å². The van der Waals surface area contributed by atoms with Crippen LogP contribution in [-0.2, 0) is 14.2 Å². The first kappa shape index (κ1) is 12.3. The highest BCUT2D eigenvalue weighted by molar-refractivity contribution is 6.28. The molecular formula is C11H11ClN4O4. The average Bonchev–Trinajstić information content (AvgIpc) is 3.00. The van der Waals surface area contributed by atoms with E-state index in [1.165, 1.54) is 6.33 Å². The summed E-state index contributed by atoms with van der Waals surface area (Å²) in [4.78, 5) is 22.3. The highest BCUT2D eigenvalue weighted by Gasteiger charge is 2.39. The van der Waals surface area contributed by atoms with Crippen molar-refractivity contribution in [2.24, 2.45) is 0 Å². The molecule has 106 valence electrons. The van der Waals surface area contributed by atoms with Crippen molar-refractivity contribution < 1.29 is 14.2 Å². The number of imidazole rings is 1. The second-order valence-electron chi connectivity index (χ2n) is 4.74. The molecule has 8 nitrogen and oxygen atoms in total. The summed E-state index contributed by atoms with van der Waals surface area (Å²) in [5, 5.41) is 0.0271. The van der Waals surface area contributed by atoms with Gasteiger partial charge in [-0.2, -0.15) is 4.98 Å². The Morgan fingerprint density at radius 3 is 3.20 bits per heavy atom. The molecule has 0 spiro atoms. The molecule has 0 saturated carbocycles. The molecule has 3 unspecified atom stereocenters. The first-order valence-electron chi connectivity index (χ1n) is 6.19. The number of aromatic nitrogens is 4. The van der Waals surface area contributed by atoms with Crippen LogP contribution < -0.4 is 5.56 Å². The molecule has 0 amide bonds. The summed E-state index contributed by atoms with van der Waals surface area (Å²) in [7, 11) is 0. The lowest BCUT2D eigenvalue weighted by molar-refractivity contribution is -0.182. The summed E-state index contributed by atoms with van der Waals surface area (Å²) in [6.07, 6.45) is 1.78. The molecule has 2 fully saturated rings. The summed E-state index contributed by atoms with van der Waals surface area (Å²) in [5.41, 5.74) is 0.280. The number of H-pyrrole nitrogens is 1. The maximum atomic E-state index is 11.7. The second kappa shape index (κ2) is 4.52. The lowest BCUT2D eigenvalue weighted by Gasteiger charge is -2.23. The topological polar surface area (TPSA) is 91.3 Å². The van der Waals surface area contributed by atoms with Gasteiger partial charge in [-0.05, 0) is 11.6 Å². The highest BCUT2D eigenvalue weighted by atomic mass is 35.5. The molecule has 0 radical (unpaired) electrons. The van der Waals surface area contributed by atoms with Crippen LogP contribution in [0.2, 0.25) is 5.28 Å². The number of aromatic amines is 1. The predicted octanol–water partition coefficient (Wildman–Crippen LogP) is 0.433. The van der Waals surface area contributed by atoms with Gasteiger partial charge in [-0.25, -0.2) is 4.98 Å². The molecule has 3 atom stereocenters. The largest absolute Gasteiger partial charge is 0.353 e. The van der Waals surface area contributed by atoms with E-state index in [1.807, 2.05) is 0 Å². The van der Waals surface area contributed by atoms with Crippen LogP contribution in [0.25, 0.3) is 11.2 Å². The van der Waals surface area contributed by atoms with E-state index >= 15 is 0 Å². The van der Waals surface area contributed by atoms with Crippen molar-refractivity contribution in [3.05, 3.63) is 22.0 Å². The van der Waals surface area contributed by atoms with Crippen LogP contribution >= 0.6 is 11.6 Å². The van der Waals surface area contributed by atoms with E-state index in [1.54, 1.807) is 4.57 Å². The van der Waals surface area contributed by atoms with Crippen molar-refractivity contribution in [2.45, 2.75) is 24.9 Å². The molecule has 2 aliphatic heterocycles. The molecule has 2 aromatic rings. The number of nitrogens with one attached hydrogen (secondary N) is 1. The van der Waals surface area contributed by atoms with Crippen LogP contribution in [0.5, 0.6) is 0 Å². The maximum Gasteiger partial charge on any atom is 0.280 e. The van der Waals surface area contributed by atoms with Crippen LogP contribution in [0.15, 0.2) is 11.1 Å². The van der Waals surface area contributed by atoms with E-state index in [2.05, 4.69) is 15.0 Å². The summed E-state index contributed by atoms with van der Waals surface area (Å²) in [5.74, 6) is 0. The van der Waals surface area contributed by atoms with Gasteiger partial charge in [0.15, 0.2) is 11.2 Å². The van der Waals surface area contributed by atoms with Gasteiger partial charge in [0.1, 0.15) is 19.1 Å². The molecule has 20 heavy (non-hydrogen) atoms. The van der Waals surface area contributed by atoms with Gasteiger partial charge in [-0.3, -0.25) is 14.3 Å². The van der Waals surface area contributed by atoms with Crippen molar-refractivity contribution in [3.63, 3.8) is 0 Å². The van der Waals surface area contributed by atoms with Gasteiger partial charge in [-0.15, -0.1) is 0 Å². The predicted molar refractivity (Wildman–Crippen MR) is 67.4 cm³/mol. The normalized spacial score (nSPS) is 29.8. The van der Waals surface area contributed by atoms with E-state index in [9.17, 15) is 4.79 Å².